The number of nitrogens with zero attached hydrogens (tertiary/aromatic N) is 2. The van der Waals surface area contributed by atoms with E-state index in [1.165, 1.54) is 18.5 Å². The highest BCUT2D eigenvalue weighted by atomic mass is 16.4. The Kier molecular flexibility index (Phi) is 4.94. The SMILES string of the molecule is Cc1cc(N2CCCC2)ccc1C(C)(C(=O)O)c1ccc(N(C)C)cc1. The maximum atomic E-state index is 12.3. The summed E-state index contributed by atoms with van der Waals surface area (Å²) in [5, 5.41) is 10.1. The van der Waals surface area contributed by atoms with Crippen LogP contribution in [0.2, 0.25) is 0 Å². The van der Waals surface area contributed by atoms with E-state index in [0.29, 0.717) is 0 Å². The molecule has 1 atom stereocenters. The molecule has 26 heavy (non-hydrogen) atoms. The summed E-state index contributed by atoms with van der Waals surface area (Å²) in [7, 11) is 3.96. The number of rotatable bonds is 5. The van der Waals surface area contributed by atoms with Crippen LogP contribution < -0.4 is 9.80 Å². The van der Waals surface area contributed by atoms with E-state index in [2.05, 4.69) is 17.0 Å². The molecule has 0 aromatic heterocycles. The molecule has 3 rings (SSSR count). The molecule has 0 amide bonds. The van der Waals surface area contributed by atoms with E-state index >= 15 is 0 Å². The van der Waals surface area contributed by atoms with Crippen molar-refractivity contribution in [3.8, 4) is 0 Å². The highest BCUT2D eigenvalue weighted by molar-refractivity contribution is 5.86. The monoisotopic (exact) mass is 352 g/mol. The van der Waals surface area contributed by atoms with Gasteiger partial charge in [0.25, 0.3) is 0 Å². The fourth-order valence-electron chi connectivity index (χ4n) is 3.87. The lowest BCUT2D eigenvalue weighted by atomic mass is 9.74. The van der Waals surface area contributed by atoms with E-state index in [-0.39, 0.29) is 0 Å². The molecule has 1 aliphatic rings. The summed E-state index contributed by atoms with van der Waals surface area (Å²) >= 11 is 0. The summed E-state index contributed by atoms with van der Waals surface area (Å²) in [6, 6.07) is 14.0. The molecule has 1 unspecified atom stereocenters. The molecule has 138 valence electrons. The van der Waals surface area contributed by atoms with E-state index in [0.717, 1.165) is 35.5 Å². The number of carbonyl (C=O) groups is 1. The molecule has 0 spiro atoms. The minimum Gasteiger partial charge on any atom is -0.480 e. The minimum atomic E-state index is -1.07. The van der Waals surface area contributed by atoms with Crippen LogP contribution in [-0.2, 0) is 10.2 Å². The zero-order valence-corrected chi connectivity index (χ0v) is 16.1. The molecule has 1 saturated heterocycles. The van der Waals surface area contributed by atoms with Crippen molar-refractivity contribution in [1.29, 1.82) is 0 Å². The first kappa shape index (κ1) is 18.3. The van der Waals surface area contributed by atoms with Gasteiger partial charge in [0.2, 0.25) is 0 Å². The van der Waals surface area contributed by atoms with Crippen molar-refractivity contribution < 1.29 is 9.90 Å². The molecule has 1 aliphatic heterocycles. The van der Waals surface area contributed by atoms with E-state index in [1.807, 2.05) is 56.3 Å². The highest BCUT2D eigenvalue weighted by Gasteiger charge is 2.38. The Morgan fingerprint density at radius 3 is 2.19 bits per heavy atom. The van der Waals surface area contributed by atoms with Crippen LogP contribution in [-0.4, -0.2) is 38.3 Å². The van der Waals surface area contributed by atoms with Crippen molar-refractivity contribution in [3.63, 3.8) is 0 Å². The number of carboxylic acids is 1. The molecule has 0 aliphatic carbocycles. The zero-order chi connectivity index (χ0) is 18.9. The molecule has 0 saturated carbocycles. The van der Waals surface area contributed by atoms with Gasteiger partial charge in [-0.3, -0.25) is 4.79 Å². The van der Waals surface area contributed by atoms with E-state index < -0.39 is 11.4 Å². The summed E-state index contributed by atoms with van der Waals surface area (Å²) in [4.78, 5) is 16.7. The lowest BCUT2D eigenvalue weighted by molar-refractivity contribution is -0.141. The number of benzene rings is 2. The van der Waals surface area contributed by atoms with Gasteiger partial charge >= 0.3 is 5.97 Å². The first-order valence-corrected chi connectivity index (χ1v) is 9.21. The minimum absolute atomic E-state index is 0.799. The topological polar surface area (TPSA) is 43.8 Å². The molecule has 0 bridgehead atoms. The standard InChI is InChI=1S/C22H28N2O2/c1-16-15-19(24-13-5-6-14-24)11-12-20(16)22(2,21(25)26)17-7-9-18(10-8-17)23(3)4/h7-12,15H,5-6,13-14H2,1-4H3,(H,25,26). The molecular formula is C22H28N2O2. The van der Waals surface area contributed by atoms with Gasteiger partial charge in [0.1, 0.15) is 5.41 Å². The maximum absolute atomic E-state index is 12.3. The van der Waals surface area contributed by atoms with Crippen molar-refractivity contribution in [2.24, 2.45) is 0 Å². The number of aliphatic carboxylic acids is 1. The van der Waals surface area contributed by atoms with Gasteiger partial charge < -0.3 is 14.9 Å². The third-order valence-electron chi connectivity index (χ3n) is 5.61. The first-order chi connectivity index (χ1) is 12.3. The van der Waals surface area contributed by atoms with Gasteiger partial charge in [0.15, 0.2) is 0 Å². The molecule has 4 heteroatoms. The quantitative estimate of drug-likeness (QED) is 0.882. The van der Waals surface area contributed by atoms with Crippen molar-refractivity contribution in [2.75, 3.05) is 37.0 Å². The normalized spacial score (nSPS) is 16.4. The largest absolute Gasteiger partial charge is 0.480 e. The second-order valence-corrected chi connectivity index (χ2v) is 7.56. The molecule has 0 radical (unpaired) electrons. The Morgan fingerprint density at radius 2 is 1.69 bits per heavy atom. The van der Waals surface area contributed by atoms with Crippen LogP contribution in [0, 0.1) is 6.92 Å². The Bertz CT molecular complexity index is 792. The Labute approximate surface area is 156 Å². The van der Waals surface area contributed by atoms with Crippen LogP contribution in [0.4, 0.5) is 11.4 Å². The number of carboxylic acid groups (broad SMARTS) is 1. The smallest absolute Gasteiger partial charge is 0.318 e. The van der Waals surface area contributed by atoms with Gasteiger partial charge in [-0.2, -0.15) is 0 Å². The summed E-state index contributed by atoms with van der Waals surface area (Å²) in [5.41, 5.74) is 3.86. The van der Waals surface area contributed by atoms with Crippen LogP contribution >= 0.6 is 0 Å². The van der Waals surface area contributed by atoms with Gasteiger partial charge in [0, 0.05) is 38.6 Å². The molecule has 1 fully saturated rings. The molecule has 1 heterocycles. The fraction of sp³-hybridized carbons (Fsp3) is 0.409. The third kappa shape index (κ3) is 3.16. The van der Waals surface area contributed by atoms with Crippen molar-refractivity contribution in [3.05, 3.63) is 59.2 Å². The van der Waals surface area contributed by atoms with Crippen LogP contribution in [0.15, 0.2) is 42.5 Å². The summed E-state index contributed by atoms with van der Waals surface area (Å²) in [5.74, 6) is -0.827. The number of anilines is 2. The zero-order valence-electron chi connectivity index (χ0n) is 16.1. The average Bonchev–Trinajstić information content (AvgIpc) is 3.15. The number of aryl methyl sites for hydroxylation is 1. The Balaban J connectivity index is 2.02. The molecule has 2 aromatic rings. The summed E-state index contributed by atoms with van der Waals surface area (Å²) < 4.78 is 0. The molecule has 4 nitrogen and oxygen atoms in total. The second kappa shape index (κ2) is 7.02. The predicted octanol–water partition coefficient (Wildman–Crippen LogP) is 4.05. The Hall–Kier alpha value is -2.49. The fourth-order valence-corrected chi connectivity index (χ4v) is 3.87. The lowest BCUT2D eigenvalue weighted by Crippen LogP contribution is -2.34. The van der Waals surface area contributed by atoms with Gasteiger partial charge in [-0.25, -0.2) is 0 Å². The Morgan fingerprint density at radius 1 is 1.08 bits per heavy atom. The van der Waals surface area contributed by atoms with Crippen LogP contribution in [0.1, 0.15) is 36.5 Å². The van der Waals surface area contributed by atoms with Crippen molar-refractivity contribution >= 4 is 17.3 Å². The van der Waals surface area contributed by atoms with Crippen molar-refractivity contribution in [1.82, 2.24) is 0 Å². The van der Waals surface area contributed by atoms with Crippen LogP contribution in [0.3, 0.4) is 0 Å². The molecular weight excluding hydrogens is 324 g/mol. The maximum Gasteiger partial charge on any atom is 0.318 e. The van der Waals surface area contributed by atoms with E-state index in [4.69, 9.17) is 0 Å². The van der Waals surface area contributed by atoms with Gasteiger partial charge in [-0.1, -0.05) is 18.2 Å². The van der Waals surface area contributed by atoms with Crippen LogP contribution in [0.25, 0.3) is 0 Å². The number of hydrogen-bond acceptors (Lipinski definition) is 3. The van der Waals surface area contributed by atoms with E-state index in [9.17, 15) is 9.90 Å². The van der Waals surface area contributed by atoms with Crippen molar-refractivity contribution in [2.45, 2.75) is 32.1 Å². The first-order valence-electron chi connectivity index (χ1n) is 9.21. The van der Waals surface area contributed by atoms with Gasteiger partial charge in [-0.15, -0.1) is 0 Å². The van der Waals surface area contributed by atoms with Gasteiger partial charge in [-0.05, 0) is 67.6 Å². The third-order valence-corrected chi connectivity index (χ3v) is 5.61. The second-order valence-electron chi connectivity index (χ2n) is 7.56. The molecule has 1 N–H and O–H groups in total. The molecule has 2 aromatic carbocycles. The highest BCUT2D eigenvalue weighted by Crippen LogP contribution is 2.37. The van der Waals surface area contributed by atoms with E-state index in [1.54, 1.807) is 6.92 Å². The van der Waals surface area contributed by atoms with Gasteiger partial charge in [0.05, 0.1) is 0 Å². The summed E-state index contributed by atoms with van der Waals surface area (Å²) in [6.07, 6.45) is 2.46. The predicted molar refractivity (Wildman–Crippen MR) is 107 cm³/mol. The summed E-state index contributed by atoms with van der Waals surface area (Å²) in [6.45, 7) is 5.99. The average molecular weight is 352 g/mol. The number of hydrogen-bond donors (Lipinski definition) is 1. The lowest BCUT2D eigenvalue weighted by Gasteiger charge is -2.29. The van der Waals surface area contributed by atoms with Crippen LogP contribution in [0.5, 0.6) is 0 Å².